The van der Waals surface area contributed by atoms with Crippen LogP contribution < -0.4 is 20.3 Å². The second-order valence-corrected chi connectivity index (χ2v) is 4.96. The van der Waals surface area contributed by atoms with Crippen molar-refractivity contribution in [3.8, 4) is 11.5 Å². The van der Waals surface area contributed by atoms with Crippen LogP contribution in [-0.4, -0.2) is 26.0 Å². The molecule has 7 heteroatoms. The van der Waals surface area contributed by atoms with E-state index in [2.05, 4.69) is 10.9 Å². The quantitative estimate of drug-likeness (QED) is 0.842. The Labute approximate surface area is 138 Å². The summed E-state index contributed by atoms with van der Waals surface area (Å²) in [7, 11) is 2.97. The Morgan fingerprint density at radius 1 is 0.870 bits per heavy atom. The third kappa shape index (κ3) is 4.37. The number of benzene rings is 2. The van der Waals surface area contributed by atoms with Crippen molar-refractivity contribution in [1.82, 2.24) is 10.9 Å². The smallest absolute Gasteiger partial charge is 0.269 e. The highest BCUT2D eigenvalue weighted by Gasteiger charge is 2.12. The summed E-state index contributed by atoms with van der Waals surface area (Å²) < 4.78 is 10.2. The van der Waals surface area contributed by atoms with Crippen molar-refractivity contribution < 1.29 is 19.1 Å². The molecule has 0 radical (unpaired) electrons. The molecule has 2 aromatic rings. The molecule has 2 N–H and O–H groups in total. The first-order chi connectivity index (χ1) is 11.0. The van der Waals surface area contributed by atoms with E-state index in [0.717, 1.165) is 0 Å². The molecule has 0 heterocycles. The lowest BCUT2D eigenvalue weighted by Crippen LogP contribution is -2.41. The third-order valence-electron chi connectivity index (χ3n) is 2.99. The minimum atomic E-state index is -0.502. The van der Waals surface area contributed by atoms with Crippen molar-refractivity contribution in [2.75, 3.05) is 14.2 Å². The van der Waals surface area contributed by atoms with Gasteiger partial charge in [0.15, 0.2) is 0 Å². The summed E-state index contributed by atoms with van der Waals surface area (Å²) in [5.41, 5.74) is 5.27. The lowest BCUT2D eigenvalue weighted by Gasteiger charge is -2.10. The zero-order valence-electron chi connectivity index (χ0n) is 12.6. The summed E-state index contributed by atoms with van der Waals surface area (Å²) in [6, 6.07) is 11.1. The Morgan fingerprint density at radius 3 is 1.96 bits per heavy atom. The molecule has 23 heavy (non-hydrogen) atoms. The fourth-order valence-corrected chi connectivity index (χ4v) is 2.02. The molecule has 0 aliphatic rings. The second kappa shape index (κ2) is 7.51. The van der Waals surface area contributed by atoms with Crippen molar-refractivity contribution in [3.63, 3.8) is 0 Å². The van der Waals surface area contributed by atoms with E-state index in [1.165, 1.54) is 32.4 Å². The van der Waals surface area contributed by atoms with Crippen molar-refractivity contribution in [2.45, 2.75) is 0 Å². The predicted molar refractivity (Wildman–Crippen MR) is 85.9 cm³/mol. The van der Waals surface area contributed by atoms with Crippen molar-refractivity contribution in [3.05, 3.63) is 58.6 Å². The second-order valence-electron chi connectivity index (χ2n) is 4.52. The van der Waals surface area contributed by atoms with E-state index in [1.807, 2.05) is 0 Å². The Kier molecular flexibility index (Phi) is 5.43. The first kappa shape index (κ1) is 16.6. The van der Waals surface area contributed by atoms with Gasteiger partial charge in [0.2, 0.25) is 0 Å². The lowest BCUT2D eigenvalue weighted by atomic mass is 10.2. The number of rotatable bonds is 4. The molecule has 2 amide bonds. The topological polar surface area (TPSA) is 76.7 Å². The Morgan fingerprint density at radius 2 is 1.43 bits per heavy atom. The van der Waals surface area contributed by atoms with Gasteiger partial charge >= 0.3 is 0 Å². The van der Waals surface area contributed by atoms with Crippen LogP contribution in [0.25, 0.3) is 0 Å². The number of hydrogen-bond donors (Lipinski definition) is 2. The van der Waals surface area contributed by atoms with Crippen LogP contribution in [0.4, 0.5) is 0 Å². The summed E-state index contributed by atoms with van der Waals surface area (Å²) in [4.78, 5) is 24.1. The summed E-state index contributed by atoms with van der Waals surface area (Å²) in [6.45, 7) is 0. The van der Waals surface area contributed by atoms with Crippen LogP contribution in [0.15, 0.2) is 42.5 Å². The molecule has 0 aliphatic carbocycles. The molecular formula is C16H15ClN2O4. The van der Waals surface area contributed by atoms with E-state index in [0.29, 0.717) is 22.1 Å². The van der Waals surface area contributed by atoms with Gasteiger partial charge in [-0.2, -0.15) is 0 Å². The van der Waals surface area contributed by atoms with E-state index in [-0.39, 0.29) is 5.56 Å². The van der Waals surface area contributed by atoms with Gasteiger partial charge in [-0.1, -0.05) is 17.7 Å². The molecule has 0 saturated heterocycles. The molecule has 0 saturated carbocycles. The van der Waals surface area contributed by atoms with Gasteiger partial charge in [0.1, 0.15) is 11.5 Å². The summed E-state index contributed by atoms with van der Waals surface area (Å²) in [5.74, 6) is -0.0420. The highest BCUT2D eigenvalue weighted by atomic mass is 35.5. The number of methoxy groups -OCH3 is 2. The molecule has 0 aromatic heterocycles. The van der Waals surface area contributed by atoms with Crippen LogP contribution in [0.5, 0.6) is 11.5 Å². The first-order valence-electron chi connectivity index (χ1n) is 6.63. The summed E-state index contributed by atoms with van der Waals surface area (Å²) >= 11 is 5.82. The lowest BCUT2D eigenvalue weighted by molar-refractivity contribution is 0.0846. The van der Waals surface area contributed by atoms with Crippen LogP contribution in [0.3, 0.4) is 0 Å². The summed E-state index contributed by atoms with van der Waals surface area (Å²) in [6.07, 6.45) is 0. The average Bonchev–Trinajstić information content (AvgIpc) is 2.58. The van der Waals surface area contributed by atoms with E-state index in [1.54, 1.807) is 24.3 Å². The zero-order valence-corrected chi connectivity index (χ0v) is 13.3. The van der Waals surface area contributed by atoms with E-state index < -0.39 is 11.8 Å². The molecular weight excluding hydrogens is 320 g/mol. The van der Waals surface area contributed by atoms with Crippen LogP contribution in [0.1, 0.15) is 20.7 Å². The normalized spacial score (nSPS) is 9.87. The van der Waals surface area contributed by atoms with Crippen LogP contribution in [0, 0.1) is 0 Å². The van der Waals surface area contributed by atoms with Crippen molar-refractivity contribution >= 4 is 23.4 Å². The number of hydrogen-bond acceptors (Lipinski definition) is 4. The molecule has 0 atom stereocenters. The molecule has 2 aromatic carbocycles. The first-order valence-corrected chi connectivity index (χ1v) is 7.00. The maximum atomic E-state index is 12.1. The third-order valence-corrected chi connectivity index (χ3v) is 3.23. The van der Waals surface area contributed by atoms with Gasteiger partial charge in [-0.15, -0.1) is 0 Å². The van der Waals surface area contributed by atoms with E-state index in [9.17, 15) is 9.59 Å². The zero-order chi connectivity index (χ0) is 16.8. The largest absolute Gasteiger partial charge is 0.497 e. The number of carbonyl (C=O) groups excluding carboxylic acids is 2. The van der Waals surface area contributed by atoms with Crippen LogP contribution in [-0.2, 0) is 0 Å². The van der Waals surface area contributed by atoms with Gasteiger partial charge in [0.05, 0.1) is 14.2 Å². The predicted octanol–water partition coefficient (Wildman–Crippen LogP) is 2.43. The number of carbonyl (C=O) groups is 2. The van der Waals surface area contributed by atoms with Crippen LogP contribution >= 0.6 is 11.6 Å². The fraction of sp³-hybridized carbons (Fsp3) is 0.125. The molecule has 6 nitrogen and oxygen atoms in total. The van der Waals surface area contributed by atoms with Gasteiger partial charge < -0.3 is 9.47 Å². The monoisotopic (exact) mass is 334 g/mol. The number of ether oxygens (including phenoxy) is 2. The van der Waals surface area contributed by atoms with Gasteiger partial charge in [-0.3, -0.25) is 20.4 Å². The van der Waals surface area contributed by atoms with E-state index in [4.69, 9.17) is 21.1 Å². The highest BCUT2D eigenvalue weighted by molar-refractivity contribution is 6.30. The Bertz CT molecular complexity index is 712. The molecule has 0 spiro atoms. The van der Waals surface area contributed by atoms with Gasteiger partial charge in [-0.25, -0.2) is 0 Å². The number of halogens is 1. The highest BCUT2D eigenvalue weighted by Crippen LogP contribution is 2.22. The molecule has 0 aliphatic heterocycles. The van der Waals surface area contributed by atoms with Gasteiger partial charge in [0, 0.05) is 22.2 Å². The molecule has 0 fully saturated rings. The van der Waals surface area contributed by atoms with Gasteiger partial charge in [-0.05, 0) is 30.3 Å². The Hall–Kier alpha value is -2.73. The minimum Gasteiger partial charge on any atom is -0.497 e. The standard InChI is InChI=1S/C16H15ClN2O4/c1-22-13-7-11(8-14(9-13)23-2)16(21)19-18-15(20)10-4-3-5-12(17)6-10/h3-9H,1-2H3,(H,18,20)(H,19,21). The average molecular weight is 335 g/mol. The molecule has 2 rings (SSSR count). The molecule has 0 bridgehead atoms. The number of hydrazine groups is 1. The minimum absolute atomic E-state index is 0.285. The maximum Gasteiger partial charge on any atom is 0.269 e. The fourth-order valence-electron chi connectivity index (χ4n) is 1.83. The Balaban J connectivity index is 2.06. The van der Waals surface area contributed by atoms with Crippen molar-refractivity contribution in [2.24, 2.45) is 0 Å². The molecule has 120 valence electrons. The number of amides is 2. The SMILES string of the molecule is COc1cc(OC)cc(C(=O)NNC(=O)c2cccc(Cl)c2)c1. The summed E-state index contributed by atoms with van der Waals surface area (Å²) in [5, 5.41) is 0.432. The number of nitrogens with one attached hydrogen (secondary N) is 2. The maximum absolute atomic E-state index is 12.1. The van der Waals surface area contributed by atoms with Gasteiger partial charge in [0.25, 0.3) is 11.8 Å². The van der Waals surface area contributed by atoms with E-state index >= 15 is 0 Å². The van der Waals surface area contributed by atoms with Crippen molar-refractivity contribution in [1.29, 1.82) is 0 Å². The molecule has 0 unspecified atom stereocenters. The van der Waals surface area contributed by atoms with Crippen LogP contribution in [0.2, 0.25) is 5.02 Å².